The van der Waals surface area contributed by atoms with E-state index in [0.717, 1.165) is 23.0 Å². The van der Waals surface area contributed by atoms with Gasteiger partial charge in [-0.25, -0.2) is 26.8 Å². The van der Waals surface area contributed by atoms with Gasteiger partial charge < -0.3 is 19.7 Å². The lowest BCUT2D eigenvalue weighted by Crippen LogP contribution is -2.42. The second kappa shape index (κ2) is 14.1. The minimum atomic E-state index is -4.32. The van der Waals surface area contributed by atoms with Crippen molar-refractivity contribution in [2.45, 2.75) is 43.0 Å². The van der Waals surface area contributed by atoms with Gasteiger partial charge in [0, 0.05) is 45.5 Å². The van der Waals surface area contributed by atoms with Crippen LogP contribution in [0.15, 0.2) is 75.1 Å². The summed E-state index contributed by atoms with van der Waals surface area (Å²) in [6, 6.07) is 11.7. The monoisotopic (exact) mass is 696 g/mol. The smallest absolute Gasteiger partial charge is 0.330 e. The van der Waals surface area contributed by atoms with E-state index in [0.29, 0.717) is 42.2 Å². The average molecular weight is 697 g/mol. The Morgan fingerprint density at radius 3 is 2.20 bits per heavy atom. The van der Waals surface area contributed by atoms with E-state index in [1.165, 1.54) is 30.8 Å². The largest absolute Gasteiger partial charge is 0.480 e. The van der Waals surface area contributed by atoms with Gasteiger partial charge in [-0.2, -0.15) is 0 Å². The van der Waals surface area contributed by atoms with E-state index < -0.39 is 62.1 Å². The summed E-state index contributed by atoms with van der Waals surface area (Å²) in [4.78, 5) is 49.7. The molecule has 1 atom stereocenters. The molecule has 1 amide bonds. The number of carboxylic acids is 1. The average Bonchev–Trinajstić information content (AvgIpc) is 3.08. The molecule has 12 nitrogen and oxygen atoms in total. The topological polar surface area (TPSA) is 166 Å². The minimum absolute atomic E-state index is 0.172. The summed E-state index contributed by atoms with van der Waals surface area (Å²) in [5.74, 6) is -4.99. The molecule has 0 spiro atoms. The normalized spacial score (nSPS) is 14.3. The third-order valence-electron chi connectivity index (χ3n) is 8.67. The summed E-state index contributed by atoms with van der Waals surface area (Å²) < 4.78 is 65.7. The van der Waals surface area contributed by atoms with Gasteiger partial charge >= 0.3 is 11.7 Å². The number of carbonyl (C=O) groups excluding carboxylic acids is 1. The first-order valence-electron chi connectivity index (χ1n) is 15.3. The summed E-state index contributed by atoms with van der Waals surface area (Å²) in [5.41, 5.74) is 0.0238. The van der Waals surface area contributed by atoms with Crippen LogP contribution in [0.3, 0.4) is 0 Å². The Kier molecular flexibility index (Phi) is 10.1. The van der Waals surface area contributed by atoms with Gasteiger partial charge in [0.05, 0.1) is 21.7 Å². The summed E-state index contributed by atoms with van der Waals surface area (Å²) in [5, 5.41) is 12.0. The van der Waals surface area contributed by atoms with E-state index in [4.69, 9.17) is 4.74 Å². The Bertz CT molecular complexity index is 2140. The zero-order valence-corrected chi connectivity index (χ0v) is 27.6. The second-order valence-electron chi connectivity index (χ2n) is 11.8. The SMILES string of the molecule is Cc1c(-c2ccc(C[C@H](NC(=O)c3cc(F)c(NS(=O)(=O)c4ccc(C5CCOCC5)cc4)cc3F)C(=O)O)cc2)c(=O)n(C)c(=O)n1C. The molecule has 2 heterocycles. The quantitative estimate of drug-likeness (QED) is 0.227. The highest BCUT2D eigenvalue weighted by atomic mass is 32.2. The van der Waals surface area contributed by atoms with Crippen LogP contribution in [0.2, 0.25) is 0 Å². The molecule has 0 radical (unpaired) electrons. The molecular formula is C34H34F2N4O8S. The third kappa shape index (κ3) is 7.47. The van der Waals surface area contributed by atoms with Gasteiger partial charge in [0.15, 0.2) is 0 Å². The number of amides is 1. The number of benzene rings is 3. The van der Waals surface area contributed by atoms with Gasteiger partial charge in [-0.05, 0) is 60.6 Å². The Hall–Kier alpha value is -5.15. The number of nitrogens with one attached hydrogen (secondary N) is 2. The molecule has 49 heavy (non-hydrogen) atoms. The Balaban J connectivity index is 1.29. The van der Waals surface area contributed by atoms with E-state index in [1.54, 1.807) is 43.3 Å². The number of nitrogens with zero attached hydrogens (tertiary/aromatic N) is 2. The Labute approximate surface area is 280 Å². The highest BCUT2D eigenvalue weighted by molar-refractivity contribution is 7.92. The number of carboxylic acid groups (broad SMARTS) is 1. The van der Waals surface area contributed by atoms with Crippen molar-refractivity contribution in [2.75, 3.05) is 17.9 Å². The van der Waals surface area contributed by atoms with E-state index in [9.17, 15) is 32.7 Å². The van der Waals surface area contributed by atoms with E-state index in [2.05, 4.69) is 5.32 Å². The van der Waals surface area contributed by atoms with Crippen LogP contribution in [0.5, 0.6) is 0 Å². The summed E-state index contributed by atoms with van der Waals surface area (Å²) in [6.45, 7) is 2.85. The fraction of sp³-hybridized carbons (Fsp3) is 0.294. The fourth-order valence-corrected chi connectivity index (χ4v) is 6.77. The molecule has 0 bridgehead atoms. The fourth-order valence-electron chi connectivity index (χ4n) is 5.71. The molecule has 1 fully saturated rings. The number of hydrogen-bond donors (Lipinski definition) is 3. The zero-order chi connectivity index (χ0) is 35.6. The van der Waals surface area contributed by atoms with Crippen molar-refractivity contribution in [1.29, 1.82) is 0 Å². The molecule has 0 aliphatic carbocycles. The number of aromatic nitrogens is 2. The maximum atomic E-state index is 15.1. The van der Waals surface area contributed by atoms with Crippen LogP contribution in [0.4, 0.5) is 14.5 Å². The first-order chi connectivity index (χ1) is 23.2. The molecule has 258 valence electrons. The molecule has 4 aromatic rings. The minimum Gasteiger partial charge on any atom is -0.480 e. The number of sulfonamides is 1. The van der Waals surface area contributed by atoms with Crippen molar-refractivity contribution < 1.29 is 36.6 Å². The first kappa shape index (κ1) is 35.2. The first-order valence-corrected chi connectivity index (χ1v) is 16.8. The number of halogens is 2. The second-order valence-corrected chi connectivity index (χ2v) is 13.5. The van der Waals surface area contributed by atoms with Crippen molar-refractivity contribution in [1.82, 2.24) is 14.5 Å². The van der Waals surface area contributed by atoms with Crippen molar-refractivity contribution in [3.63, 3.8) is 0 Å². The summed E-state index contributed by atoms with van der Waals surface area (Å²) >= 11 is 0. The van der Waals surface area contributed by atoms with Crippen molar-refractivity contribution in [3.8, 4) is 11.1 Å². The third-order valence-corrected chi connectivity index (χ3v) is 10.1. The molecule has 1 saturated heterocycles. The molecule has 5 rings (SSSR count). The van der Waals surface area contributed by atoms with Crippen LogP contribution in [0, 0.1) is 18.6 Å². The van der Waals surface area contributed by atoms with E-state index in [1.807, 2.05) is 4.72 Å². The van der Waals surface area contributed by atoms with Gasteiger partial charge in [0.2, 0.25) is 0 Å². The number of rotatable bonds is 10. The van der Waals surface area contributed by atoms with Crippen molar-refractivity contribution in [3.05, 3.63) is 116 Å². The predicted octanol–water partition coefficient (Wildman–Crippen LogP) is 3.46. The van der Waals surface area contributed by atoms with E-state index >= 15 is 8.78 Å². The van der Waals surface area contributed by atoms with Crippen LogP contribution in [0.1, 0.15) is 45.9 Å². The lowest BCUT2D eigenvalue weighted by molar-refractivity contribution is -0.139. The maximum absolute atomic E-state index is 15.1. The standard InChI is InChI=1S/C34H34F2N4O8S/c1-19-30(32(42)40(3)34(45)39(19)2)23-6-4-20(5-7-23)16-29(33(43)44)37-31(41)25-17-27(36)28(18-26(25)35)38-49(46,47)24-10-8-21(9-11-24)22-12-14-48-15-13-22/h4-11,17-18,22,29,38H,12-16H2,1-3H3,(H,37,41)(H,43,44)/t29-/m0/s1. The highest BCUT2D eigenvalue weighted by Gasteiger charge is 2.26. The van der Waals surface area contributed by atoms with Crippen LogP contribution < -0.4 is 21.3 Å². The van der Waals surface area contributed by atoms with Gasteiger partial charge in [-0.15, -0.1) is 0 Å². The van der Waals surface area contributed by atoms with Crippen LogP contribution in [-0.4, -0.2) is 53.8 Å². The Morgan fingerprint density at radius 1 is 0.959 bits per heavy atom. The predicted molar refractivity (Wildman–Crippen MR) is 176 cm³/mol. The summed E-state index contributed by atoms with van der Waals surface area (Å²) in [6.07, 6.45) is 1.36. The van der Waals surface area contributed by atoms with Gasteiger partial charge in [0.1, 0.15) is 17.7 Å². The van der Waals surface area contributed by atoms with Gasteiger partial charge in [-0.3, -0.25) is 18.9 Å². The van der Waals surface area contributed by atoms with Gasteiger partial charge in [0.25, 0.3) is 21.5 Å². The molecule has 15 heteroatoms. The summed E-state index contributed by atoms with van der Waals surface area (Å²) in [7, 11) is -1.43. The highest BCUT2D eigenvalue weighted by Crippen LogP contribution is 2.29. The van der Waals surface area contributed by atoms with Crippen molar-refractivity contribution >= 4 is 27.6 Å². The molecule has 1 aromatic heterocycles. The van der Waals surface area contributed by atoms with Crippen LogP contribution in [0.25, 0.3) is 11.1 Å². The zero-order valence-electron chi connectivity index (χ0n) is 26.8. The van der Waals surface area contributed by atoms with Crippen molar-refractivity contribution in [2.24, 2.45) is 14.1 Å². The molecular weight excluding hydrogens is 662 g/mol. The van der Waals surface area contributed by atoms with E-state index in [-0.39, 0.29) is 22.8 Å². The lowest BCUT2D eigenvalue weighted by atomic mass is 9.92. The maximum Gasteiger partial charge on any atom is 0.330 e. The lowest BCUT2D eigenvalue weighted by Gasteiger charge is -2.22. The van der Waals surface area contributed by atoms with Gasteiger partial charge in [-0.1, -0.05) is 36.4 Å². The molecule has 1 aliphatic heterocycles. The number of anilines is 1. The van der Waals surface area contributed by atoms with Crippen LogP contribution in [-0.2, 0) is 40.1 Å². The number of aliphatic carboxylic acids is 1. The molecule has 3 aromatic carbocycles. The molecule has 0 unspecified atom stereocenters. The number of ether oxygens (including phenoxy) is 1. The molecule has 3 N–H and O–H groups in total. The number of hydrogen-bond acceptors (Lipinski definition) is 7. The number of carbonyl (C=O) groups is 2. The van der Waals surface area contributed by atoms with Crippen LogP contribution >= 0.6 is 0 Å². The molecule has 0 saturated carbocycles. The Morgan fingerprint density at radius 2 is 1.59 bits per heavy atom. The molecule has 1 aliphatic rings.